The van der Waals surface area contributed by atoms with Crippen LogP contribution in [0.4, 0.5) is 0 Å². The third-order valence-electron chi connectivity index (χ3n) is 0.971. The van der Waals surface area contributed by atoms with Crippen molar-refractivity contribution in [2.45, 2.75) is 6.92 Å². The number of hydrogen-bond acceptors (Lipinski definition) is 4. The number of hydrogen-bond donors (Lipinski definition) is 1. The first-order chi connectivity index (χ1) is 5.18. The van der Waals surface area contributed by atoms with Gasteiger partial charge >= 0.3 is 0 Å². The van der Waals surface area contributed by atoms with E-state index >= 15 is 0 Å². The van der Waals surface area contributed by atoms with Gasteiger partial charge in [-0.1, -0.05) is 0 Å². The molecule has 2 N–H and O–H groups in total. The average molecular weight is 168 g/mol. The fourth-order valence-corrected chi connectivity index (χ4v) is 1.32. The van der Waals surface area contributed by atoms with E-state index in [1.807, 2.05) is 0 Å². The molecule has 58 valence electrons. The summed E-state index contributed by atoms with van der Waals surface area (Å²) in [6.45, 7) is 1.76. The fourth-order valence-electron chi connectivity index (χ4n) is 0.595. The van der Waals surface area contributed by atoms with Crippen LogP contribution in [0.5, 0.6) is 0 Å². The quantitative estimate of drug-likeness (QED) is 0.675. The molecule has 0 spiro atoms. The predicted molar refractivity (Wildman–Crippen MR) is 46.2 cm³/mol. The Bertz CT molecular complexity index is 325. The lowest BCUT2D eigenvalue weighted by atomic mass is 10.5. The van der Waals surface area contributed by atoms with Gasteiger partial charge in [-0.15, -0.1) is 11.3 Å². The summed E-state index contributed by atoms with van der Waals surface area (Å²) in [7, 11) is 0. The fraction of sp³-hybridized carbons (Fsp3) is 0.143. The molecular weight excluding hydrogens is 160 g/mol. The molecule has 3 nitrogen and oxygen atoms in total. The number of nitrogens with zero attached hydrogens (tertiary/aromatic N) is 1. The molecule has 0 saturated heterocycles. The van der Waals surface area contributed by atoms with Crippen molar-refractivity contribution in [2.24, 2.45) is 5.73 Å². The molecule has 0 amide bonds. The summed E-state index contributed by atoms with van der Waals surface area (Å²) in [4.78, 5) is 14.4. The summed E-state index contributed by atoms with van der Waals surface area (Å²) < 4.78 is 0. The molecule has 1 aromatic rings. The third kappa shape index (κ3) is 2.51. The van der Waals surface area contributed by atoms with Crippen molar-refractivity contribution in [3.8, 4) is 0 Å². The molecule has 0 radical (unpaired) electrons. The Hall–Kier alpha value is -1.16. The summed E-state index contributed by atoms with van der Waals surface area (Å²) in [5, 5.41) is 2.35. The summed E-state index contributed by atoms with van der Waals surface area (Å²) in [6.07, 6.45) is 1.67. The van der Waals surface area contributed by atoms with Crippen LogP contribution in [0, 0.1) is 0 Å². The highest BCUT2D eigenvalue weighted by Crippen LogP contribution is 2.03. The van der Waals surface area contributed by atoms with Crippen molar-refractivity contribution in [1.29, 1.82) is 0 Å². The summed E-state index contributed by atoms with van der Waals surface area (Å²) in [5.74, 6) is 0. The van der Waals surface area contributed by atoms with E-state index in [2.05, 4.69) is 4.98 Å². The van der Waals surface area contributed by atoms with Gasteiger partial charge in [-0.3, -0.25) is 4.79 Å². The van der Waals surface area contributed by atoms with E-state index in [0.29, 0.717) is 10.7 Å². The highest BCUT2D eigenvalue weighted by molar-refractivity contribution is 7.10. The van der Waals surface area contributed by atoms with Crippen LogP contribution in [0.1, 0.15) is 11.9 Å². The zero-order chi connectivity index (χ0) is 8.27. The van der Waals surface area contributed by atoms with E-state index in [0.717, 1.165) is 0 Å². The third-order valence-corrected chi connectivity index (χ3v) is 1.69. The Morgan fingerprint density at radius 2 is 2.55 bits per heavy atom. The SMILES string of the molecule is C/C(N)=C/c1nc(=O)ccs1. The number of nitrogens with two attached hydrogens (primary N) is 1. The minimum Gasteiger partial charge on any atom is -0.402 e. The van der Waals surface area contributed by atoms with E-state index in [1.54, 1.807) is 18.4 Å². The van der Waals surface area contributed by atoms with Gasteiger partial charge in [0.1, 0.15) is 5.01 Å². The second kappa shape index (κ2) is 3.30. The lowest BCUT2D eigenvalue weighted by molar-refractivity contribution is 1.25. The van der Waals surface area contributed by atoms with E-state index in [9.17, 15) is 4.79 Å². The van der Waals surface area contributed by atoms with Gasteiger partial charge in [0.15, 0.2) is 0 Å². The van der Waals surface area contributed by atoms with Gasteiger partial charge in [0.05, 0.1) is 0 Å². The Balaban J connectivity index is 3.07. The number of rotatable bonds is 1. The first kappa shape index (κ1) is 7.94. The first-order valence-corrected chi connectivity index (χ1v) is 3.96. The Kier molecular flexibility index (Phi) is 2.38. The maximum atomic E-state index is 10.7. The number of allylic oxidation sites excluding steroid dienone is 1. The van der Waals surface area contributed by atoms with Crippen molar-refractivity contribution < 1.29 is 0 Å². The molecular formula is C7H8N2OS. The van der Waals surface area contributed by atoms with Crippen LogP contribution in [0.15, 0.2) is 21.9 Å². The average Bonchev–Trinajstić information content (AvgIpc) is 1.85. The van der Waals surface area contributed by atoms with Crippen LogP contribution < -0.4 is 11.3 Å². The largest absolute Gasteiger partial charge is 0.402 e. The molecule has 0 aliphatic carbocycles. The smallest absolute Gasteiger partial charge is 0.271 e. The van der Waals surface area contributed by atoms with Crippen LogP contribution in [-0.2, 0) is 0 Å². The molecule has 4 heteroatoms. The number of aromatic nitrogens is 1. The maximum absolute atomic E-state index is 10.7. The lowest BCUT2D eigenvalue weighted by Gasteiger charge is -1.89. The molecule has 0 fully saturated rings. The molecule has 0 aromatic carbocycles. The molecule has 0 aliphatic rings. The summed E-state index contributed by atoms with van der Waals surface area (Å²) in [5.41, 5.74) is 5.83. The van der Waals surface area contributed by atoms with Crippen molar-refractivity contribution in [3.63, 3.8) is 0 Å². The van der Waals surface area contributed by atoms with Gasteiger partial charge in [0.25, 0.3) is 5.56 Å². The van der Waals surface area contributed by atoms with E-state index in [4.69, 9.17) is 5.73 Å². The molecule has 0 unspecified atom stereocenters. The molecule has 0 aliphatic heterocycles. The van der Waals surface area contributed by atoms with E-state index in [1.165, 1.54) is 17.4 Å². The minimum atomic E-state index is -0.226. The van der Waals surface area contributed by atoms with Crippen LogP contribution in [0.2, 0.25) is 0 Å². The molecule has 11 heavy (non-hydrogen) atoms. The molecule has 1 aromatic heterocycles. The second-order valence-electron chi connectivity index (χ2n) is 2.10. The Morgan fingerprint density at radius 1 is 1.82 bits per heavy atom. The molecule has 0 atom stereocenters. The van der Waals surface area contributed by atoms with Crippen LogP contribution >= 0.6 is 11.3 Å². The zero-order valence-electron chi connectivity index (χ0n) is 6.07. The van der Waals surface area contributed by atoms with Gasteiger partial charge in [-0.05, 0) is 18.4 Å². The van der Waals surface area contributed by atoms with Gasteiger partial charge in [-0.25, -0.2) is 0 Å². The maximum Gasteiger partial charge on any atom is 0.271 e. The van der Waals surface area contributed by atoms with Crippen molar-refractivity contribution in [3.05, 3.63) is 32.5 Å². The Labute approximate surface area is 68.2 Å². The summed E-state index contributed by atoms with van der Waals surface area (Å²) in [6, 6.07) is 1.42. The zero-order valence-corrected chi connectivity index (χ0v) is 6.89. The van der Waals surface area contributed by atoms with E-state index in [-0.39, 0.29) is 5.56 Å². The minimum absolute atomic E-state index is 0.226. The molecule has 1 rings (SSSR count). The summed E-state index contributed by atoms with van der Waals surface area (Å²) >= 11 is 1.39. The van der Waals surface area contributed by atoms with E-state index < -0.39 is 0 Å². The van der Waals surface area contributed by atoms with Crippen LogP contribution in [0.3, 0.4) is 0 Å². The topological polar surface area (TPSA) is 56.0 Å². The normalized spacial score (nSPS) is 11.5. The van der Waals surface area contributed by atoms with Crippen LogP contribution in [0.25, 0.3) is 6.08 Å². The predicted octanol–water partition coefficient (Wildman–Crippen LogP) is 0.823. The van der Waals surface area contributed by atoms with Gasteiger partial charge in [0.2, 0.25) is 0 Å². The van der Waals surface area contributed by atoms with Gasteiger partial charge in [0, 0.05) is 11.8 Å². The van der Waals surface area contributed by atoms with Crippen LogP contribution in [-0.4, -0.2) is 4.98 Å². The molecule has 0 bridgehead atoms. The molecule has 1 heterocycles. The Morgan fingerprint density at radius 3 is 3.09 bits per heavy atom. The van der Waals surface area contributed by atoms with Gasteiger partial charge < -0.3 is 5.73 Å². The van der Waals surface area contributed by atoms with Crippen molar-refractivity contribution >= 4 is 17.4 Å². The first-order valence-electron chi connectivity index (χ1n) is 3.08. The lowest BCUT2D eigenvalue weighted by Crippen LogP contribution is -2.02. The standard InChI is InChI=1S/C7H8N2OS/c1-5(8)4-7-9-6(10)2-3-11-7/h2-4H,8H2,1H3/b5-4-. The van der Waals surface area contributed by atoms with Crippen molar-refractivity contribution in [2.75, 3.05) is 0 Å². The molecule has 0 saturated carbocycles. The van der Waals surface area contributed by atoms with Crippen molar-refractivity contribution in [1.82, 2.24) is 4.98 Å². The highest BCUT2D eigenvalue weighted by Gasteiger charge is 1.90. The monoisotopic (exact) mass is 168 g/mol. The van der Waals surface area contributed by atoms with Gasteiger partial charge in [-0.2, -0.15) is 4.98 Å². The highest BCUT2D eigenvalue weighted by atomic mass is 32.1. The second-order valence-corrected chi connectivity index (χ2v) is 3.02.